The van der Waals surface area contributed by atoms with Gasteiger partial charge in [0.2, 0.25) is 0 Å². The summed E-state index contributed by atoms with van der Waals surface area (Å²) in [6.45, 7) is 17.6. The molecule has 22 atom stereocenters. The van der Waals surface area contributed by atoms with Gasteiger partial charge in [0.05, 0.1) is 48.3 Å². The van der Waals surface area contributed by atoms with Gasteiger partial charge in [-0.05, 0) is 124 Å². The average Bonchev–Trinajstić information content (AvgIpc) is 3.71. The van der Waals surface area contributed by atoms with Crippen LogP contribution in [-0.2, 0) is 23.7 Å². The molecule has 0 radical (unpaired) electrons. The minimum Gasteiger partial charge on any atom is -0.394 e. The molecule has 56 heavy (non-hydrogen) atoms. The van der Waals surface area contributed by atoms with Gasteiger partial charge < -0.3 is 69.6 Å². The highest BCUT2D eigenvalue weighted by atomic mass is 16.8. The Hall–Kier alpha value is -0.560. The highest BCUT2D eigenvalue weighted by molar-refractivity contribution is 5.22. The van der Waals surface area contributed by atoms with Gasteiger partial charge in [0.1, 0.15) is 42.7 Å². The molecule has 3 aliphatic heterocycles. The van der Waals surface area contributed by atoms with Crippen LogP contribution in [0.15, 0.2) is 0 Å². The number of rotatable bonds is 7. The monoisotopic (exact) mass is 800 g/mol. The maximum absolute atomic E-state index is 12.4. The van der Waals surface area contributed by atoms with Crippen LogP contribution < -0.4 is 0 Å². The van der Waals surface area contributed by atoms with Crippen molar-refractivity contribution >= 4 is 0 Å². The van der Waals surface area contributed by atoms with Gasteiger partial charge in [0.15, 0.2) is 12.6 Å². The lowest BCUT2D eigenvalue weighted by atomic mass is 9.34. The van der Waals surface area contributed by atoms with Crippen molar-refractivity contribution in [2.75, 3.05) is 6.61 Å². The van der Waals surface area contributed by atoms with Crippen molar-refractivity contribution in [3.05, 3.63) is 0 Å². The Labute approximate surface area is 331 Å². The molecule has 7 aliphatic rings. The van der Waals surface area contributed by atoms with Gasteiger partial charge in [-0.25, -0.2) is 0 Å². The normalized spacial score (nSPS) is 57.3. The fourth-order valence-electron chi connectivity index (χ4n) is 14.1. The van der Waals surface area contributed by atoms with E-state index in [1.54, 1.807) is 13.8 Å². The van der Waals surface area contributed by atoms with Gasteiger partial charge in [-0.15, -0.1) is 0 Å². The molecule has 0 amide bonds. The minimum atomic E-state index is -1.70. The van der Waals surface area contributed by atoms with Gasteiger partial charge in [-0.2, -0.15) is 0 Å². The lowest BCUT2D eigenvalue weighted by Crippen LogP contribution is -2.71. The predicted molar refractivity (Wildman–Crippen MR) is 200 cm³/mol. The lowest BCUT2D eigenvalue weighted by Gasteiger charge is -2.72. The summed E-state index contributed by atoms with van der Waals surface area (Å²) in [4.78, 5) is 0. The third-order valence-electron chi connectivity index (χ3n) is 17.3. The molecule has 9 N–H and O–H groups in total. The summed E-state index contributed by atoms with van der Waals surface area (Å²) in [5.41, 5.74) is -3.36. The first-order chi connectivity index (χ1) is 25.9. The van der Waals surface area contributed by atoms with Crippen molar-refractivity contribution in [2.24, 2.45) is 45.3 Å². The number of fused-ring (bicyclic) bond motifs is 5. The van der Waals surface area contributed by atoms with E-state index in [1.807, 2.05) is 0 Å². The van der Waals surface area contributed by atoms with E-state index in [4.69, 9.17) is 23.7 Å². The highest BCUT2D eigenvalue weighted by Gasteiger charge is 2.74. The predicted octanol–water partition coefficient (Wildman–Crippen LogP) is 1.36. The molecule has 0 aromatic carbocycles. The first-order valence-corrected chi connectivity index (χ1v) is 21.2. The molecular formula is C42H72O14. The van der Waals surface area contributed by atoms with Crippen molar-refractivity contribution < 1.29 is 69.6 Å². The molecule has 4 aliphatic carbocycles. The molecule has 0 unspecified atom stereocenters. The van der Waals surface area contributed by atoms with Crippen LogP contribution in [0.25, 0.3) is 0 Å². The maximum Gasteiger partial charge on any atom is 0.187 e. The molecule has 0 aromatic heterocycles. The van der Waals surface area contributed by atoms with Gasteiger partial charge >= 0.3 is 0 Å². The Bertz CT molecular complexity index is 1430. The number of hydrogen-bond acceptors (Lipinski definition) is 14. The Kier molecular flexibility index (Phi) is 11.3. The summed E-state index contributed by atoms with van der Waals surface area (Å²) in [5, 5.41) is 99.5. The molecule has 324 valence electrons. The summed E-state index contributed by atoms with van der Waals surface area (Å²) in [6.07, 6.45) is -11.0. The van der Waals surface area contributed by atoms with E-state index in [-0.39, 0.29) is 35.2 Å². The third-order valence-corrected chi connectivity index (χ3v) is 17.3. The molecule has 14 nitrogen and oxygen atoms in total. The van der Waals surface area contributed by atoms with Gasteiger partial charge in [-0.3, -0.25) is 0 Å². The van der Waals surface area contributed by atoms with E-state index in [0.717, 1.165) is 25.7 Å². The number of aliphatic hydroxyl groups excluding tert-OH is 8. The van der Waals surface area contributed by atoms with Crippen LogP contribution in [0.5, 0.6) is 0 Å². The summed E-state index contributed by atoms with van der Waals surface area (Å²) >= 11 is 0. The molecule has 14 heteroatoms. The topological polar surface area (TPSA) is 228 Å². The fourth-order valence-corrected chi connectivity index (χ4v) is 14.1. The lowest BCUT2D eigenvalue weighted by molar-refractivity contribution is -0.382. The smallest absolute Gasteiger partial charge is 0.187 e. The minimum absolute atomic E-state index is 0.0557. The van der Waals surface area contributed by atoms with E-state index < -0.39 is 114 Å². The zero-order valence-corrected chi connectivity index (χ0v) is 34.8. The molecule has 3 heterocycles. The van der Waals surface area contributed by atoms with Crippen molar-refractivity contribution in [3.63, 3.8) is 0 Å². The first kappa shape index (κ1) is 43.5. The van der Waals surface area contributed by atoms with Gasteiger partial charge in [-0.1, -0.05) is 34.6 Å². The molecule has 7 fully saturated rings. The fraction of sp³-hybridized carbons (Fsp3) is 1.00. The number of hydrogen-bond donors (Lipinski definition) is 9. The molecule has 4 saturated carbocycles. The van der Waals surface area contributed by atoms with Crippen LogP contribution >= 0.6 is 0 Å². The number of aliphatic hydroxyl groups is 9. The van der Waals surface area contributed by atoms with E-state index in [9.17, 15) is 46.0 Å². The highest BCUT2D eigenvalue weighted by Crippen LogP contribution is 2.76. The standard InChI is InChI=1S/C42H72O14/c1-19-28(46)30(48)32(50)35(52-19)55-33-31(49)29(47)23(18-43)54-36(33)53-22-17-41(8)24(39(6)13-11-25(45)37(2,3)34(22)39)16-21(44)27-20(10-14-40(27,41)7)42(9)15-12-26(56-42)38(4,5)51/h19-36,43-51H,10-18H2,1-9H3/t19-,20+,21-,22-,23+,24+,25+,26-,27+,28+,29+,30-,31-,32-,33+,34-,35+,36+,39-,40+,41-,42+/m1/s1. The van der Waals surface area contributed by atoms with E-state index in [2.05, 4.69) is 41.5 Å². The van der Waals surface area contributed by atoms with Gasteiger partial charge in [0, 0.05) is 0 Å². The molecule has 0 aromatic rings. The van der Waals surface area contributed by atoms with Gasteiger partial charge in [0.25, 0.3) is 0 Å². The zero-order chi connectivity index (χ0) is 41.3. The molecule has 0 bridgehead atoms. The van der Waals surface area contributed by atoms with Crippen LogP contribution in [0, 0.1) is 45.3 Å². The largest absolute Gasteiger partial charge is 0.394 e. The van der Waals surface area contributed by atoms with Crippen LogP contribution in [0.3, 0.4) is 0 Å². The van der Waals surface area contributed by atoms with Crippen LogP contribution in [0.1, 0.15) is 114 Å². The Balaban J connectivity index is 1.26. The second kappa shape index (κ2) is 14.5. The van der Waals surface area contributed by atoms with E-state index >= 15 is 0 Å². The SMILES string of the molecule is C[C@H]1O[C@@H](O[C@@H]2[C@@H](O[C@@H]3C[C@]4(C)[C@@H](C[C@@H](O)[C@@H]5[C@@H]([C@]6(C)CC[C@H](C(C)(C)O)O6)CC[C@@]54C)[C@@]4(C)CC[C@H](O)C(C)(C)[C@@H]34)O[C@@H](CO)[C@H](O)[C@H]2O)[C@H](O)[C@H](O)[C@H]1O. The van der Waals surface area contributed by atoms with Crippen molar-refractivity contribution in [1.29, 1.82) is 0 Å². The molecule has 0 spiro atoms. The molecule has 3 saturated heterocycles. The van der Waals surface area contributed by atoms with Crippen LogP contribution in [0.2, 0.25) is 0 Å². The Morgan fingerprint density at radius 2 is 1.41 bits per heavy atom. The van der Waals surface area contributed by atoms with E-state index in [1.165, 1.54) is 6.92 Å². The van der Waals surface area contributed by atoms with Crippen LogP contribution in [0.4, 0.5) is 0 Å². The third kappa shape index (κ3) is 6.49. The second-order valence-electron chi connectivity index (χ2n) is 21.2. The Morgan fingerprint density at radius 3 is 2.04 bits per heavy atom. The number of ether oxygens (including phenoxy) is 5. The van der Waals surface area contributed by atoms with Crippen LogP contribution in [-0.4, -0.2) is 150 Å². The summed E-state index contributed by atoms with van der Waals surface area (Å²) in [6, 6.07) is 0. The van der Waals surface area contributed by atoms with E-state index in [0.29, 0.717) is 25.7 Å². The average molecular weight is 801 g/mol. The summed E-state index contributed by atoms with van der Waals surface area (Å²) < 4.78 is 32.0. The first-order valence-electron chi connectivity index (χ1n) is 21.2. The molecular weight excluding hydrogens is 728 g/mol. The van der Waals surface area contributed by atoms with Crippen molar-refractivity contribution in [1.82, 2.24) is 0 Å². The summed E-state index contributed by atoms with van der Waals surface area (Å²) in [5.74, 6) is -0.246. The second-order valence-corrected chi connectivity index (χ2v) is 21.2. The maximum atomic E-state index is 12.4. The Morgan fingerprint density at radius 1 is 0.732 bits per heavy atom. The van der Waals surface area contributed by atoms with Crippen molar-refractivity contribution in [2.45, 2.75) is 211 Å². The summed E-state index contributed by atoms with van der Waals surface area (Å²) in [7, 11) is 0. The quantitative estimate of drug-likeness (QED) is 0.166. The zero-order valence-electron chi connectivity index (χ0n) is 34.8. The molecule has 7 rings (SSSR count). The van der Waals surface area contributed by atoms with Crippen molar-refractivity contribution in [3.8, 4) is 0 Å².